The highest BCUT2D eigenvalue weighted by Gasteiger charge is 2.34. The van der Waals surface area contributed by atoms with Crippen LogP contribution in [0.25, 0.3) is 0 Å². The molecule has 24 heavy (non-hydrogen) atoms. The lowest BCUT2D eigenvalue weighted by Gasteiger charge is -2.26. The van der Waals surface area contributed by atoms with Crippen LogP contribution in [0.15, 0.2) is 29.2 Å². The highest BCUT2D eigenvalue weighted by molar-refractivity contribution is 8.00. The molecule has 1 aromatic rings. The van der Waals surface area contributed by atoms with E-state index in [0.717, 1.165) is 4.90 Å². The molecule has 6 heteroatoms. The summed E-state index contributed by atoms with van der Waals surface area (Å²) in [6.07, 6.45) is 0.544. The number of rotatable bonds is 4. The van der Waals surface area contributed by atoms with Crippen molar-refractivity contribution in [3.8, 4) is 0 Å². The fourth-order valence-electron chi connectivity index (χ4n) is 2.84. The van der Waals surface area contributed by atoms with E-state index in [0.29, 0.717) is 6.42 Å². The first-order valence-electron chi connectivity index (χ1n) is 8.24. The predicted molar refractivity (Wildman–Crippen MR) is 100 cm³/mol. The van der Waals surface area contributed by atoms with Crippen LogP contribution in [0.1, 0.15) is 39.7 Å². The van der Waals surface area contributed by atoms with Crippen molar-refractivity contribution >= 4 is 27.5 Å². The van der Waals surface area contributed by atoms with Crippen molar-refractivity contribution in [3.63, 3.8) is 0 Å². The maximum Gasteiger partial charge on any atom is 0.235 e. The molecule has 1 saturated heterocycles. The summed E-state index contributed by atoms with van der Waals surface area (Å²) in [5, 5.41) is -0.237. The zero-order valence-electron chi connectivity index (χ0n) is 15.1. The Morgan fingerprint density at radius 1 is 1.25 bits per heavy atom. The number of nitrogens with zero attached hydrogens (tertiary/aromatic N) is 1. The first kappa shape index (κ1) is 19.3. The molecule has 0 N–H and O–H groups in total. The molecule has 1 amide bonds. The minimum atomic E-state index is -2.98. The maximum atomic E-state index is 12.6. The van der Waals surface area contributed by atoms with Gasteiger partial charge in [-0.1, -0.05) is 32.9 Å². The summed E-state index contributed by atoms with van der Waals surface area (Å²) in [6, 6.07) is 8.12. The van der Waals surface area contributed by atoms with Crippen LogP contribution in [0.4, 0.5) is 0 Å². The first-order chi connectivity index (χ1) is 11.0. The summed E-state index contributed by atoms with van der Waals surface area (Å²) in [4.78, 5) is 15.3. The standard InChI is InChI=1S/C18H27NO3S2/c1-13(17(20)19(5)15-10-11-24(21,22)12-15)23-16-8-6-14(7-9-16)18(2,3)4/h6-9,13,15H,10-12H2,1-5H3. The van der Waals surface area contributed by atoms with E-state index in [1.54, 1.807) is 11.9 Å². The van der Waals surface area contributed by atoms with E-state index < -0.39 is 9.84 Å². The quantitative estimate of drug-likeness (QED) is 0.765. The van der Waals surface area contributed by atoms with Crippen LogP contribution in [0.2, 0.25) is 0 Å². The molecule has 1 aliphatic rings. The highest BCUT2D eigenvalue weighted by Crippen LogP contribution is 2.29. The topological polar surface area (TPSA) is 54.5 Å². The van der Waals surface area contributed by atoms with Crippen molar-refractivity contribution in [3.05, 3.63) is 29.8 Å². The van der Waals surface area contributed by atoms with Gasteiger partial charge in [0.05, 0.1) is 16.8 Å². The van der Waals surface area contributed by atoms with Crippen LogP contribution in [-0.4, -0.2) is 49.1 Å². The van der Waals surface area contributed by atoms with E-state index in [1.165, 1.54) is 17.3 Å². The summed E-state index contributed by atoms with van der Waals surface area (Å²) in [5.74, 6) is 0.264. The summed E-state index contributed by atoms with van der Waals surface area (Å²) in [5.41, 5.74) is 1.37. The highest BCUT2D eigenvalue weighted by atomic mass is 32.2. The van der Waals surface area contributed by atoms with Gasteiger partial charge in [0, 0.05) is 18.0 Å². The zero-order chi connectivity index (χ0) is 18.1. The summed E-state index contributed by atoms with van der Waals surface area (Å²) >= 11 is 1.52. The zero-order valence-corrected chi connectivity index (χ0v) is 16.7. The minimum Gasteiger partial charge on any atom is -0.341 e. The second-order valence-corrected chi connectivity index (χ2v) is 11.2. The largest absolute Gasteiger partial charge is 0.341 e. The molecule has 1 heterocycles. The van der Waals surface area contributed by atoms with Gasteiger partial charge in [-0.05, 0) is 36.5 Å². The van der Waals surface area contributed by atoms with Gasteiger partial charge in [-0.15, -0.1) is 11.8 Å². The van der Waals surface area contributed by atoms with Crippen molar-refractivity contribution < 1.29 is 13.2 Å². The van der Waals surface area contributed by atoms with Crippen LogP contribution in [-0.2, 0) is 20.0 Å². The van der Waals surface area contributed by atoms with E-state index in [-0.39, 0.29) is 34.1 Å². The molecule has 0 spiro atoms. The fourth-order valence-corrected chi connectivity index (χ4v) is 5.58. The Balaban J connectivity index is 1.98. The minimum absolute atomic E-state index is 0.0120. The molecule has 2 atom stereocenters. The molecule has 134 valence electrons. The van der Waals surface area contributed by atoms with Gasteiger partial charge in [-0.2, -0.15) is 0 Å². The van der Waals surface area contributed by atoms with Gasteiger partial charge >= 0.3 is 0 Å². The Morgan fingerprint density at radius 2 is 1.83 bits per heavy atom. The van der Waals surface area contributed by atoms with Crippen molar-refractivity contribution in [2.75, 3.05) is 18.6 Å². The van der Waals surface area contributed by atoms with Gasteiger partial charge in [0.15, 0.2) is 9.84 Å². The van der Waals surface area contributed by atoms with E-state index in [4.69, 9.17) is 0 Å². The maximum absolute atomic E-state index is 12.6. The molecule has 1 fully saturated rings. The summed E-state index contributed by atoms with van der Waals surface area (Å²) in [6.45, 7) is 8.40. The molecule has 0 aliphatic carbocycles. The van der Waals surface area contributed by atoms with E-state index in [2.05, 4.69) is 45.0 Å². The van der Waals surface area contributed by atoms with Crippen molar-refractivity contribution in [1.82, 2.24) is 4.90 Å². The van der Waals surface area contributed by atoms with Crippen molar-refractivity contribution in [1.29, 1.82) is 0 Å². The SMILES string of the molecule is CC(Sc1ccc(C(C)(C)C)cc1)C(=O)N(C)C1CCS(=O)(=O)C1. The number of hydrogen-bond donors (Lipinski definition) is 0. The number of carbonyl (C=O) groups excluding carboxylic acids is 1. The number of benzene rings is 1. The van der Waals surface area contributed by atoms with Crippen LogP contribution in [0.3, 0.4) is 0 Å². The average molecular weight is 370 g/mol. The normalized spacial score (nSPS) is 21.5. The third-order valence-corrected chi connectivity index (χ3v) is 7.33. The molecule has 0 bridgehead atoms. The summed E-state index contributed by atoms with van der Waals surface area (Å²) in [7, 11) is -1.26. The third kappa shape index (κ3) is 4.76. The molecule has 2 unspecified atom stereocenters. The van der Waals surface area contributed by atoms with Gasteiger partial charge in [-0.3, -0.25) is 4.79 Å². The second-order valence-electron chi connectivity index (χ2n) is 7.54. The van der Waals surface area contributed by atoms with Crippen LogP contribution in [0.5, 0.6) is 0 Å². The molecule has 1 aromatic carbocycles. The molecular weight excluding hydrogens is 342 g/mol. The lowest BCUT2D eigenvalue weighted by atomic mass is 9.87. The Bertz CT molecular complexity index is 690. The monoisotopic (exact) mass is 369 g/mol. The van der Waals surface area contributed by atoms with Gasteiger partial charge in [0.2, 0.25) is 5.91 Å². The molecular formula is C18H27NO3S2. The number of carbonyl (C=O) groups is 1. The van der Waals surface area contributed by atoms with Crippen LogP contribution in [0, 0.1) is 0 Å². The lowest BCUT2D eigenvalue weighted by Crippen LogP contribution is -2.41. The number of amides is 1. The Morgan fingerprint density at radius 3 is 2.29 bits per heavy atom. The Hall–Kier alpha value is -1.01. The van der Waals surface area contributed by atoms with E-state index in [9.17, 15) is 13.2 Å². The molecule has 0 radical (unpaired) electrons. The van der Waals surface area contributed by atoms with Gasteiger partial charge in [0.1, 0.15) is 0 Å². The molecule has 0 aromatic heterocycles. The van der Waals surface area contributed by atoms with Gasteiger partial charge in [0.25, 0.3) is 0 Å². The van der Waals surface area contributed by atoms with Crippen molar-refractivity contribution in [2.45, 2.75) is 55.7 Å². The lowest BCUT2D eigenvalue weighted by molar-refractivity contribution is -0.130. The number of hydrogen-bond acceptors (Lipinski definition) is 4. The third-order valence-electron chi connectivity index (χ3n) is 4.48. The second kappa shape index (κ2) is 7.08. The Labute approximate surface area is 149 Å². The fraction of sp³-hybridized carbons (Fsp3) is 0.611. The van der Waals surface area contributed by atoms with Crippen molar-refractivity contribution in [2.24, 2.45) is 0 Å². The molecule has 0 saturated carbocycles. The number of sulfone groups is 1. The van der Waals surface area contributed by atoms with E-state index in [1.807, 2.05) is 6.92 Å². The van der Waals surface area contributed by atoms with E-state index >= 15 is 0 Å². The van der Waals surface area contributed by atoms with Gasteiger partial charge in [-0.25, -0.2) is 8.42 Å². The smallest absolute Gasteiger partial charge is 0.235 e. The van der Waals surface area contributed by atoms with Crippen LogP contribution >= 0.6 is 11.8 Å². The average Bonchev–Trinajstić information content (AvgIpc) is 2.85. The first-order valence-corrected chi connectivity index (χ1v) is 10.9. The summed E-state index contributed by atoms with van der Waals surface area (Å²) < 4.78 is 23.2. The predicted octanol–water partition coefficient (Wildman–Crippen LogP) is 3.11. The number of thioether (sulfide) groups is 1. The van der Waals surface area contributed by atoms with Gasteiger partial charge < -0.3 is 4.90 Å². The van der Waals surface area contributed by atoms with Crippen LogP contribution < -0.4 is 0 Å². The Kier molecular flexibility index (Phi) is 5.70. The molecule has 1 aliphatic heterocycles. The molecule has 4 nitrogen and oxygen atoms in total. The molecule has 2 rings (SSSR count).